The zero-order valence-electron chi connectivity index (χ0n) is 14.8. The number of rotatable bonds is 1. The number of likely N-dealkylation sites (N-methyl/N-ethyl adjacent to an activating group) is 1. The molecule has 5 rings (SSSR count). The second-order valence-electron chi connectivity index (χ2n) is 8.45. The fourth-order valence-electron chi connectivity index (χ4n) is 6.33. The van der Waals surface area contributed by atoms with E-state index in [2.05, 4.69) is 14.1 Å². The molecule has 1 spiro atoms. The largest absolute Gasteiger partial charge is 1.00 e. The molecule has 5 nitrogen and oxygen atoms in total. The summed E-state index contributed by atoms with van der Waals surface area (Å²) in [6, 6.07) is 4.01. The van der Waals surface area contributed by atoms with Gasteiger partial charge in [0.15, 0.2) is 23.4 Å². The van der Waals surface area contributed by atoms with Gasteiger partial charge in [-0.3, -0.25) is 4.79 Å². The van der Waals surface area contributed by atoms with Crippen LogP contribution in [0.4, 0.5) is 0 Å². The van der Waals surface area contributed by atoms with Crippen molar-refractivity contribution in [3.8, 4) is 11.5 Å². The fourth-order valence-corrected chi connectivity index (χ4v) is 6.33. The van der Waals surface area contributed by atoms with Gasteiger partial charge in [0.2, 0.25) is 0 Å². The van der Waals surface area contributed by atoms with Crippen LogP contribution in [0.5, 0.6) is 11.5 Å². The van der Waals surface area contributed by atoms with Gasteiger partial charge in [-0.15, -0.1) is 0 Å². The van der Waals surface area contributed by atoms with Gasteiger partial charge in [0.1, 0.15) is 11.6 Å². The van der Waals surface area contributed by atoms with Crippen LogP contribution in [0.1, 0.15) is 30.4 Å². The number of hydrogen-bond donors (Lipinski definition) is 1. The van der Waals surface area contributed by atoms with Crippen molar-refractivity contribution >= 4 is 5.78 Å². The van der Waals surface area contributed by atoms with Crippen molar-refractivity contribution in [3.63, 3.8) is 0 Å². The Morgan fingerprint density at radius 3 is 2.80 bits per heavy atom. The highest BCUT2D eigenvalue weighted by atomic mass is 127. The Bertz CT molecular complexity index is 779. The average molecular weight is 457 g/mol. The first-order valence-corrected chi connectivity index (χ1v) is 8.80. The smallest absolute Gasteiger partial charge is 0.174 e. The van der Waals surface area contributed by atoms with Crippen molar-refractivity contribution in [3.05, 3.63) is 23.3 Å². The number of carbonyl (C=O) groups is 1. The summed E-state index contributed by atoms with van der Waals surface area (Å²) < 4.78 is 13.3. The number of methoxy groups -OCH3 is 1. The number of nitrogens with zero attached hydrogens (tertiary/aromatic N) is 1. The number of hydrogen-bond acceptors (Lipinski definition) is 4. The number of halogens is 1. The molecule has 2 fully saturated rings. The zero-order valence-corrected chi connectivity index (χ0v) is 17.0. The summed E-state index contributed by atoms with van der Waals surface area (Å²) in [5.41, 5.74) is 1.42. The first-order chi connectivity index (χ1) is 11.4. The van der Waals surface area contributed by atoms with Gasteiger partial charge in [-0.1, -0.05) is 6.07 Å². The number of ether oxygens (including phenoxy) is 2. The molecule has 2 aliphatic heterocycles. The Hall–Kier alpha value is -0.860. The lowest BCUT2D eigenvalue weighted by molar-refractivity contribution is -0.931. The van der Waals surface area contributed by atoms with Gasteiger partial charge in [0.05, 0.1) is 26.1 Å². The van der Waals surface area contributed by atoms with Gasteiger partial charge >= 0.3 is 0 Å². The molecule has 1 aromatic carbocycles. The predicted molar refractivity (Wildman–Crippen MR) is 87.3 cm³/mol. The van der Waals surface area contributed by atoms with Crippen molar-refractivity contribution in [1.82, 2.24) is 0 Å². The van der Waals surface area contributed by atoms with Crippen LogP contribution >= 0.6 is 0 Å². The molecule has 1 aromatic rings. The van der Waals surface area contributed by atoms with E-state index in [9.17, 15) is 9.90 Å². The summed E-state index contributed by atoms with van der Waals surface area (Å²) in [6.45, 7) is 0.984. The topological polar surface area (TPSA) is 55.8 Å². The average Bonchev–Trinajstić information content (AvgIpc) is 2.92. The molecule has 2 heterocycles. The Morgan fingerprint density at radius 1 is 1.32 bits per heavy atom. The Morgan fingerprint density at radius 2 is 2.08 bits per heavy atom. The van der Waals surface area contributed by atoms with Crippen LogP contribution in [-0.2, 0) is 21.4 Å². The summed E-state index contributed by atoms with van der Waals surface area (Å²) in [6.07, 6.45) is 2.46. The molecule has 1 N–H and O–H groups in total. The third kappa shape index (κ3) is 1.74. The number of carbonyl (C=O) groups excluding carboxylic acids is 1. The summed E-state index contributed by atoms with van der Waals surface area (Å²) in [5, 5.41) is 10.4. The highest BCUT2D eigenvalue weighted by Gasteiger charge is 2.76. The number of piperidine rings is 1. The van der Waals surface area contributed by atoms with Crippen molar-refractivity contribution in [2.45, 2.75) is 48.8 Å². The summed E-state index contributed by atoms with van der Waals surface area (Å²) in [7, 11) is 6.33. The highest BCUT2D eigenvalue weighted by Crippen LogP contribution is 2.66. The van der Waals surface area contributed by atoms with Crippen molar-refractivity contribution in [1.29, 1.82) is 0 Å². The summed E-state index contributed by atoms with van der Waals surface area (Å²) >= 11 is 0. The molecule has 25 heavy (non-hydrogen) atoms. The maximum absolute atomic E-state index is 12.8. The van der Waals surface area contributed by atoms with Crippen LogP contribution in [0, 0.1) is 0 Å². The first kappa shape index (κ1) is 17.5. The second-order valence-corrected chi connectivity index (χ2v) is 8.45. The lowest BCUT2D eigenvalue weighted by Crippen LogP contribution is -3.00. The third-order valence-electron chi connectivity index (χ3n) is 7.38. The van der Waals surface area contributed by atoms with Crippen molar-refractivity contribution in [2.75, 3.05) is 27.7 Å². The molecule has 4 aliphatic rings. The molecule has 0 radical (unpaired) electrons. The van der Waals surface area contributed by atoms with E-state index in [0.717, 1.165) is 35.9 Å². The number of ketones is 1. The molecule has 136 valence electrons. The number of aromatic hydroxyl groups is 1. The van der Waals surface area contributed by atoms with Gasteiger partial charge in [-0.2, -0.15) is 0 Å². The summed E-state index contributed by atoms with van der Waals surface area (Å²) in [5.74, 6) is 0.824. The second kappa shape index (κ2) is 5.10. The van der Waals surface area contributed by atoms with E-state index in [0.29, 0.717) is 18.2 Å². The fraction of sp³-hybridized carbons (Fsp3) is 0.632. The Kier molecular flexibility index (Phi) is 3.58. The molecule has 2 unspecified atom stereocenters. The molecule has 1 saturated carbocycles. The van der Waals surface area contributed by atoms with Gasteiger partial charge in [-0.25, -0.2) is 0 Å². The maximum atomic E-state index is 12.8. The van der Waals surface area contributed by atoms with Gasteiger partial charge < -0.3 is 43.0 Å². The SMILES string of the molecule is CO[C@@]12CCC(=O)C3Oc4c(O)ccc5c4[C@@]31CC[N+](C)(C)C2C5.[I-]. The van der Waals surface area contributed by atoms with Crippen LogP contribution in [0.2, 0.25) is 0 Å². The lowest BCUT2D eigenvalue weighted by Gasteiger charge is -2.64. The van der Waals surface area contributed by atoms with Crippen LogP contribution < -0.4 is 28.7 Å². The predicted octanol–water partition coefficient (Wildman–Crippen LogP) is -1.45. The molecule has 6 heteroatoms. The number of likely N-dealkylation sites (tertiary alicyclic amines) is 1. The minimum atomic E-state index is -0.517. The lowest BCUT2D eigenvalue weighted by atomic mass is 9.48. The molecule has 1 saturated heterocycles. The molecule has 0 aromatic heterocycles. The molecule has 2 aliphatic carbocycles. The molecule has 4 atom stereocenters. The van der Waals surface area contributed by atoms with Crippen LogP contribution in [0.3, 0.4) is 0 Å². The van der Waals surface area contributed by atoms with E-state index >= 15 is 0 Å². The van der Waals surface area contributed by atoms with E-state index in [-0.39, 0.29) is 35.5 Å². The summed E-state index contributed by atoms with van der Waals surface area (Å²) in [4.78, 5) is 12.8. The van der Waals surface area contributed by atoms with E-state index in [1.54, 1.807) is 13.2 Å². The Labute approximate surface area is 164 Å². The number of quaternary nitrogens is 1. The molecular weight excluding hydrogens is 433 g/mol. The quantitative estimate of drug-likeness (QED) is 0.415. The Balaban J connectivity index is 0.00000157. The van der Waals surface area contributed by atoms with Crippen LogP contribution in [-0.4, -0.2) is 60.9 Å². The minimum Gasteiger partial charge on any atom is -1.00 e. The minimum absolute atomic E-state index is 0. The van der Waals surface area contributed by atoms with Crippen LogP contribution in [0.25, 0.3) is 0 Å². The van der Waals surface area contributed by atoms with Crippen molar-refractivity contribution < 1.29 is 47.8 Å². The highest BCUT2D eigenvalue weighted by molar-refractivity contribution is 5.90. The van der Waals surface area contributed by atoms with E-state index in [1.807, 2.05) is 6.07 Å². The molecule has 0 amide bonds. The van der Waals surface area contributed by atoms with Gasteiger partial charge in [0.25, 0.3) is 0 Å². The maximum Gasteiger partial charge on any atom is 0.174 e. The zero-order chi connectivity index (χ0) is 16.9. The van der Waals surface area contributed by atoms with Gasteiger partial charge in [-0.05, 0) is 18.1 Å². The molecule has 2 bridgehead atoms. The normalized spacial score (nSPS) is 39.2. The number of phenolic OH excluding ortho intramolecular Hbond substituents is 1. The number of phenols is 1. The van der Waals surface area contributed by atoms with Gasteiger partial charge in [0, 0.05) is 31.9 Å². The van der Waals surface area contributed by atoms with Crippen molar-refractivity contribution in [2.24, 2.45) is 0 Å². The third-order valence-corrected chi connectivity index (χ3v) is 7.38. The first-order valence-electron chi connectivity index (χ1n) is 8.80. The van der Waals surface area contributed by atoms with E-state index < -0.39 is 17.1 Å². The standard InChI is InChI=1S/C19H23NO4.HI/c1-20(2)9-8-18-15-11-4-5-12(21)16(15)24-17(18)13(22)6-7-19(18,23-3)14(20)10-11;/h4-5,14,17H,6-10H2,1-3H3;1H/t14?,17?,18-,19+;/m0./s1. The monoisotopic (exact) mass is 457 g/mol. The molecular formula is C19H24INO4. The van der Waals surface area contributed by atoms with E-state index in [1.165, 1.54) is 5.56 Å². The van der Waals surface area contributed by atoms with Crippen LogP contribution in [0.15, 0.2) is 12.1 Å². The van der Waals surface area contributed by atoms with E-state index in [4.69, 9.17) is 9.47 Å². The number of benzene rings is 1. The number of Topliss-reactive ketones (excluding diaryl/α,β-unsaturated/α-hetero) is 1.